The molecule has 0 spiro atoms. The van der Waals surface area contributed by atoms with E-state index in [9.17, 15) is 0 Å². The Bertz CT molecular complexity index is 699. The minimum Gasteiger partial charge on any atom is -0.362 e. The van der Waals surface area contributed by atoms with Gasteiger partial charge in [-0.25, -0.2) is 0 Å². The first-order valence-electron chi connectivity index (χ1n) is 8.17. The van der Waals surface area contributed by atoms with Gasteiger partial charge in [0.25, 0.3) is 0 Å². The lowest BCUT2D eigenvalue weighted by atomic mass is 10.0. The van der Waals surface area contributed by atoms with Crippen LogP contribution in [0.25, 0.3) is 5.70 Å². The molecule has 2 aliphatic heterocycles. The summed E-state index contributed by atoms with van der Waals surface area (Å²) >= 11 is 0. The fourth-order valence-electron chi connectivity index (χ4n) is 3.34. The zero-order chi connectivity index (χ0) is 16.6. The van der Waals surface area contributed by atoms with Crippen LogP contribution in [-0.4, -0.2) is 10.9 Å². The maximum Gasteiger partial charge on any atom is 0.0693 e. The van der Waals surface area contributed by atoms with Crippen molar-refractivity contribution in [2.75, 3.05) is 5.32 Å². The summed E-state index contributed by atoms with van der Waals surface area (Å²) in [6, 6.07) is 6.61. The number of nitrogens with one attached hydrogen (secondary N) is 2. The fraction of sp³-hybridized carbons (Fsp3) is 0.300. The number of rotatable bonds is 4. The van der Waals surface area contributed by atoms with Gasteiger partial charge in [0.15, 0.2) is 0 Å². The molecule has 1 atom stereocenters. The Hall–Kier alpha value is -2.42. The van der Waals surface area contributed by atoms with Gasteiger partial charge in [-0.1, -0.05) is 45.4 Å². The molecule has 1 fully saturated rings. The van der Waals surface area contributed by atoms with E-state index in [1.54, 1.807) is 0 Å². The van der Waals surface area contributed by atoms with Gasteiger partial charge in [0, 0.05) is 46.1 Å². The predicted octanol–water partition coefficient (Wildman–Crippen LogP) is 4.59. The molecule has 2 heterocycles. The van der Waals surface area contributed by atoms with Crippen molar-refractivity contribution in [3.05, 3.63) is 72.7 Å². The zero-order valence-corrected chi connectivity index (χ0v) is 13.9. The summed E-state index contributed by atoms with van der Waals surface area (Å²) in [4.78, 5) is 2.35. The first kappa shape index (κ1) is 15.5. The lowest BCUT2D eigenvalue weighted by molar-refractivity contribution is 0.297. The topological polar surface area (TPSA) is 27.3 Å². The van der Waals surface area contributed by atoms with Crippen molar-refractivity contribution in [1.82, 2.24) is 10.2 Å². The van der Waals surface area contributed by atoms with Gasteiger partial charge in [-0.3, -0.25) is 0 Å². The molecule has 0 amide bonds. The van der Waals surface area contributed by atoms with E-state index >= 15 is 0 Å². The highest BCUT2D eigenvalue weighted by Gasteiger charge is 2.33. The van der Waals surface area contributed by atoms with Crippen LogP contribution < -0.4 is 10.6 Å². The van der Waals surface area contributed by atoms with E-state index in [4.69, 9.17) is 0 Å². The summed E-state index contributed by atoms with van der Waals surface area (Å²) in [6.07, 6.45) is 2.92. The molecule has 0 aromatic heterocycles. The maximum atomic E-state index is 4.33. The summed E-state index contributed by atoms with van der Waals surface area (Å²) in [6.45, 7) is 19.5. The zero-order valence-electron chi connectivity index (χ0n) is 13.9. The molecule has 3 rings (SSSR count). The van der Waals surface area contributed by atoms with Crippen LogP contribution in [0.5, 0.6) is 0 Å². The summed E-state index contributed by atoms with van der Waals surface area (Å²) < 4.78 is 0. The first-order valence-corrected chi connectivity index (χ1v) is 8.17. The van der Waals surface area contributed by atoms with Crippen molar-refractivity contribution < 1.29 is 0 Å². The molecular weight excluding hydrogens is 282 g/mol. The largest absolute Gasteiger partial charge is 0.362 e. The maximum absolute atomic E-state index is 4.33. The van der Waals surface area contributed by atoms with Gasteiger partial charge in [-0.15, -0.1) is 0 Å². The highest BCUT2D eigenvalue weighted by atomic mass is 15.2. The molecule has 2 N–H and O–H groups in total. The van der Waals surface area contributed by atoms with Gasteiger partial charge in [-0.2, -0.15) is 0 Å². The van der Waals surface area contributed by atoms with Crippen LogP contribution in [-0.2, 0) is 6.54 Å². The van der Waals surface area contributed by atoms with Crippen LogP contribution in [0.4, 0.5) is 5.69 Å². The normalized spacial score (nSPS) is 20.3. The Balaban J connectivity index is 1.87. The summed E-state index contributed by atoms with van der Waals surface area (Å²) in [5, 5.41) is 6.75. The molecular formula is C20H25N3. The highest BCUT2D eigenvalue weighted by Crippen LogP contribution is 2.40. The van der Waals surface area contributed by atoms with E-state index in [0.29, 0.717) is 0 Å². The monoisotopic (exact) mass is 307 g/mol. The molecule has 0 aliphatic carbocycles. The molecule has 23 heavy (non-hydrogen) atoms. The third-order valence-electron chi connectivity index (χ3n) is 4.74. The number of piperidine rings is 1. The minimum absolute atomic E-state index is 0.266. The van der Waals surface area contributed by atoms with Crippen LogP contribution >= 0.6 is 0 Å². The number of benzene rings is 1. The molecule has 1 saturated heterocycles. The Morgan fingerprint density at radius 1 is 1.35 bits per heavy atom. The summed E-state index contributed by atoms with van der Waals surface area (Å²) in [5.74, 6) is 0. The van der Waals surface area contributed by atoms with Gasteiger partial charge in [0.2, 0.25) is 0 Å². The number of anilines is 1. The van der Waals surface area contributed by atoms with Gasteiger partial charge in [-0.05, 0) is 25.3 Å². The van der Waals surface area contributed by atoms with Crippen LogP contribution in [0.3, 0.4) is 0 Å². The SMILES string of the molecule is C=C1CCC(N2Cc3c(NC(=C)CC)cccc3C2=C)C(=C)N1. The smallest absolute Gasteiger partial charge is 0.0693 e. The molecule has 2 aliphatic rings. The third-order valence-corrected chi connectivity index (χ3v) is 4.74. The van der Waals surface area contributed by atoms with Crippen molar-refractivity contribution in [2.45, 2.75) is 38.8 Å². The van der Waals surface area contributed by atoms with Gasteiger partial charge < -0.3 is 15.5 Å². The van der Waals surface area contributed by atoms with Crippen molar-refractivity contribution >= 4 is 11.4 Å². The summed E-state index contributed by atoms with van der Waals surface area (Å²) in [7, 11) is 0. The number of fused-ring (bicyclic) bond motifs is 1. The molecule has 120 valence electrons. The van der Waals surface area contributed by atoms with E-state index in [-0.39, 0.29) is 6.04 Å². The fourth-order valence-corrected chi connectivity index (χ4v) is 3.34. The third kappa shape index (κ3) is 2.79. The van der Waals surface area contributed by atoms with Gasteiger partial charge in [0.05, 0.1) is 6.04 Å². The Morgan fingerprint density at radius 3 is 2.83 bits per heavy atom. The summed E-state index contributed by atoms with van der Waals surface area (Å²) in [5.41, 5.74) is 7.82. The van der Waals surface area contributed by atoms with E-state index in [1.807, 2.05) is 0 Å². The van der Waals surface area contributed by atoms with Crippen LogP contribution in [0.2, 0.25) is 0 Å². The second-order valence-corrected chi connectivity index (χ2v) is 6.30. The van der Waals surface area contributed by atoms with Crippen molar-refractivity contribution in [1.29, 1.82) is 0 Å². The quantitative estimate of drug-likeness (QED) is 0.852. The molecule has 1 unspecified atom stereocenters. The molecule has 1 aromatic carbocycles. The Morgan fingerprint density at radius 2 is 2.13 bits per heavy atom. The molecule has 0 saturated carbocycles. The van der Waals surface area contributed by atoms with Crippen molar-refractivity contribution in [3.63, 3.8) is 0 Å². The highest BCUT2D eigenvalue weighted by molar-refractivity contribution is 5.76. The number of hydrogen-bond acceptors (Lipinski definition) is 3. The molecule has 1 aromatic rings. The average molecular weight is 307 g/mol. The molecule has 0 radical (unpaired) electrons. The second-order valence-electron chi connectivity index (χ2n) is 6.30. The lowest BCUT2D eigenvalue weighted by Gasteiger charge is -2.36. The van der Waals surface area contributed by atoms with Crippen LogP contribution in [0.15, 0.2) is 61.6 Å². The standard InChI is InChI=1S/C20H25N3/c1-6-13(2)22-19-9-7-8-17-16(5)23(12-18(17)19)20-11-10-14(3)21-15(20)4/h7-9,20-22H,2-6,10-12H2,1H3. The average Bonchev–Trinajstić information content (AvgIpc) is 2.86. The van der Waals surface area contributed by atoms with E-state index in [1.165, 1.54) is 11.1 Å². The van der Waals surface area contributed by atoms with E-state index in [0.717, 1.165) is 54.3 Å². The predicted molar refractivity (Wildman–Crippen MR) is 98.5 cm³/mol. The van der Waals surface area contributed by atoms with Crippen LogP contribution in [0, 0.1) is 0 Å². The number of hydrogen-bond donors (Lipinski definition) is 2. The second kappa shape index (κ2) is 5.99. The number of allylic oxidation sites excluding steroid dienone is 2. The Kier molecular flexibility index (Phi) is 4.03. The Labute approximate surface area is 139 Å². The minimum atomic E-state index is 0.266. The van der Waals surface area contributed by atoms with Crippen molar-refractivity contribution in [3.8, 4) is 0 Å². The molecule has 3 nitrogen and oxygen atoms in total. The van der Waals surface area contributed by atoms with E-state index in [2.05, 4.69) is 67.0 Å². The van der Waals surface area contributed by atoms with Crippen LogP contribution in [0.1, 0.15) is 37.3 Å². The van der Waals surface area contributed by atoms with Gasteiger partial charge >= 0.3 is 0 Å². The number of nitrogens with zero attached hydrogens (tertiary/aromatic N) is 1. The van der Waals surface area contributed by atoms with E-state index < -0.39 is 0 Å². The van der Waals surface area contributed by atoms with Crippen molar-refractivity contribution in [2.24, 2.45) is 0 Å². The first-order chi connectivity index (χ1) is 11.0. The molecule has 0 bridgehead atoms. The lowest BCUT2D eigenvalue weighted by Crippen LogP contribution is -2.39. The van der Waals surface area contributed by atoms with Gasteiger partial charge in [0.1, 0.15) is 0 Å². The molecule has 3 heteroatoms.